The van der Waals surface area contributed by atoms with Crippen LogP contribution < -0.4 is 5.32 Å². The summed E-state index contributed by atoms with van der Waals surface area (Å²) >= 11 is 3.34. The van der Waals surface area contributed by atoms with Crippen LogP contribution in [0.5, 0.6) is 0 Å². The monoisotopic (exact) mass is 379 g/mol. The molecule has 1 aromatic heterocycles. The van der Waals surface area contributed by atoms with Crippen LogP contribution in [0.3, 0.4) is 0 Å². The number of hydrogen-bond acceptors (Lipinski definition) is 4. The second kappa shape index (κ2) is 8.47. The van der Waals surface area contributed by atoms with Gasteiger partial charge in [-0.3, -0.25) is 9.59 Å². The average Bonchev–Trinajstić information content (AvgIpc) is 3.04. The zero-order valence-corrected chi connectivity index (χ0v) is 14.4. The molecule has 6 nitrogen and oxygen atoms in total. The summed E-state index contributed by atoms with van der Waals surface area (Å²) in [6.07, 6.45) is 3.14. The molecular weight excluding hydrogens is 362 g/mol. The van der Waals surface area contributed by atoms with E-state index in [1.54, 1.807) is 35.2 Å². The fourth-order valence-corrected chi connectivity index (χ4v) is 2.27. The minimum absolute atomic E-state index is 0.0260. The van der Waals surface area contributed by atoms with Crippen molar-refractivity contribution < 1.29 is 14.1 Å². The predicted octanol–water partition coefficient (Wildman–Crippen LogP) is 3.32. The first kappa shape index (κ1) is 17.2. The molecule has 0 aliphatic rings. The van der Waals surface area contributed by atoms with E-state index in [4.69, 9.17) is 0 Å². The molecule has 0 unspecified atom stereocenters. The second-order valence-electron chi connectivity index (χ2n) is 5.02. The fourth-order valence-electron chi connectivity index (χ4n) is 2.01. The van der Waals surface area contributed by atoms with Crippen molar-refractivity contribution in [3.05, 3.63) is 46.6 Å². The third-order valence-electron chi connectivity index (χ3n) is 3.20. The highest BCUT2D eigenvalue weighted by atomic mass is 79.9. The first-order chi connectivity index (χ1) is 11.1. The molecule has 2 aromatic rings. The summed E-state index contributed by atoms with van der Waals surface area (Å²) in [5, 5.41) is 6.22. The number of amides is 2. The van der Waals surface area contributed by atoms with E-state index in [0.29, 0.717) is 17.9 Å². The summed E-state index contributed by atoms with van der Waals surface area (Å²) in [6.45, 7) is 2.54. The third kappa shape index (κ3) is 5.21. The van der Waals surface area contributed by atoms with Crippen molar-refractivity contribution in [2.45, 2.75) is 19.8 Å². The number of anilines is 1. The number of nitrogens with zero attached hydrogens (tertiary/aromatic N) is 2. The Hall–Kier alpha value is -2.15. The van der Waals surface area contributed by atoms with Gasteiger partial charge in [-0.1, -0.05) is 34.4 Å². The molecule has 0 bridgehead atoms. The molecule has 0 atom stereocenters. The molecule has 23 heavy (non-hydrogen) atoms. The van der Waals surface area contributed by atoms with E-state index in [1.165, 1.54) is 6.26 Å². The first-order valence-electron chi connectivity index (χ1n) is 7.35. The smallest absolute Gasteiger partial charge is 0.254 e. The minimum Gasteiger partial charge on any atom is -0.363 e. The van der Waals surface area contributed by atoms with Crippen LogP contribution in [-0.2, 0) is 4.79 Å². The number of unbranched alkanes of at least 4 members (excludes halogenated alkanes) is 1. The van der Waals surface area contributed by atoms with Crippen LogP contribution in [-0.4, -0.2) is 35.0 Å². The van der Waals surface area contributed by atoms with Gasteiger partial charge in [0.1, 0.15) is 12.8 Å². The molecule has 0 saturated heterocycles. The molecule has 0 fully saturated rings. The lowest BCUT2D eigenvalue weighted by Crippen LogP contribution is -2.38. The van der Waals surface area contributed by atoms with Crippen LogP contribution in [0.15, 0.2) is 45.6 Å². The maximum absolute atomic E-state index is 12.6. The topological polar surface area (TPSA) is 75.4 Å². The van der Waals surface area contributed by atoms with Gasteiger partial charge in [-0.25, -0.2) is 0 Å². The highest BCUT2D eigenvalue weighted by molar-refractivity contribution is 9.10. The Morgan fingerprint density at radius 2 is 2.00 bits per heavy atom. The van der Waals surface area contributed by atoms with E-state index in [1.807, 2.05) is 6.92 Å². The van der Waals surface area contributed by atoms with Gasteiger partial charge in [0.2, 0.25) is 5.91 Å². The van der Waals surface area contributed by atoms with E-state index in [9.17, 15) is 9.59 Å². The zero-order valence-electron chi connectivity index (χ0n) is 12.8. The maximum Gasteiger partial charge on any atom is 0.254 e. The number of hydrogen-bond donors (Lipinski definition) is 1. The molecule has 0 aliphatic heterocycles. The van der Waals surface area contributed by atoms with Crippen molar-refractivity contribution in [3.63, 3.8) is 0 Å². The van der Waals surface area contributed by atoms with Crippen molar-refractivity contribution in [1.29, 1.82) is 0 Å². The highest BCUT2D eigenvalue weighted by Crippen LogP contribution is 2.13. The number of aromatic nitrogens is 1. The maximum atomic E-state index is 12.6. The number of rotatable bonds is 7. The third-order valence-corrected chi connectivity index (χ3v) is 3.73. The van der Waals surface area contributed by atoms with Crippen molar-refractivity contribution in [2.24, 2.45) is 0 Å². The van der Waals surface area contributed by atoms with Gasteiger partial charge in [0.25, 0.3) is 5.91 Å². The molecule has 0 saturated carbocycles. The van der Waals surface area contributed by atoms with Crippen LogP contribution in [0, 0.1) is 0 Å². The SMILES string of the molecule is CCCCN(CC(=O)Nc1ccon1)C(=O)c1ccc(Br)cc1. The van der Waals surface area contributed by atoms with Gasteiger partial charge < -0.3 is 14.7 Å². The van der Waals surface area contributed by atoms with Gasteiger partial charge >= 0.3 is 0 Å². The normalized spacial score (nSPS) is 10.3. The Bertz CT molecular complexity index is 641. The van der Waals surface area contributed by atoms with Crippen LogP contribution >= 0.6 is 15.9 Å². The van der Waals surface area contributed by atoms with E-state index >= 15 is 0 Å². The van der Waals surface area contributed by atoms with Gasteiger partial charge in [-0.15, -0.1) is 0 Å². The van der Waals surface area contributed by atoms with Crippen LogP contribution in [0.1, 0.15) is 30.1 Å². The Morgan fingerprint density at radius 1 is 1.26 bits per heavy atom. The summed E-state index contributed by atoms with van der Waals surface area (Å²) in [5.41, 5.74) is 0.554. The number of benzene rings is 1. The van der Waals surface area contributed by atoms with Gasteiger partial charge in [-0.2, -0.15) is 0 Å². The Labute approximate surface area is 143 Å². The largest absolute Gasteiger partial charge is 0.363 e. The van der Waals surface area contributed by atoms with Gasteiger partial charge in [0.05, 0.1) is 0 Å². The van der Waals surface area contributed by atoms with Crippen molar-refractivity contribution in [3.8, 4) is 0 Å². The van der Waals surface area contributed by atoms with Gasteiger partial charge in [-0.05, 0) is 30.7 Å². The summed E-state index contributed by atoms with van der Waals surface area (Å²) in [4.78, 5) is 26.2. The molecule has 0 radical (unpaired) electrons. The van der Waals surface area contributed by atoms with Gasteiger partial charge in [0, 0.05) is 22.6 Å². The Kier molecular flexibility index (Phi) is 6.34. The summed E-state index contributed by atoms with van der Waals surface area (Å²) < 4.78 is 5.56. The first-order valence-corrected chi connectivity index (χ1v) is 8.14. The van der Waals surface area contributed by atoms with E-state index in [2.05, 4.69) is 30.9 Å². The van der Waals surface area contributed by atoms with Crippen LogP contribution in [0.25, 0.3) is 0 Å². The van der Waals surface area contributed by atoms with E-state index in [-0.39, 0.29) is 18.4 Å². The van der Waals surface area contributed by atoms with E-state index in [0.717, 1.165) is 17.3 Å². The number of carbonyl (C=O) groups is 2. The van der Waals surface area contributed by atoms with E-state index < -0.39 is 0 Å². The van der Waals surface area contributed by atoms with Crippen molar-refractivity contribution in [1.82, 2.24) is 10.1 Å². The second-order valence-corrected chi connectivity index (χ2v) is 5.94. The van der Waals surface area contributed by atoms with Crippen LogP contribution in [0.4, 0.5) is 5.82 Å². The Balaban J connectivity index is 2.04. The molecule has 122 valence electrons. The molecular formula is C16H18BrN3O3. The van der Waals surface area contributed by atoms with Crippen molar-refractivity contribution in [2.75, 3.05) is 18.4 Å². The van der Waals surface area contributed by atoms with Crippen LogP contribution in [0.2, 0.25) is 0 Å². The number of halogens is 1. The molecule has 1 heterocycles. The highest BCUT2D eigenvalue weighted by Gasteiger charge is 2.19. The molecule has 0 spiro atoms. The molecule has 1 N–H and O–H groups in total. The molecule has 7 heteroatoms. The minimum atomic E-state index is -0.305. The number of nitrogens with one attached hydrogen (secondary N) is 1. The zero-order chi connectivity index (χ0) is 16.7. The molecule has 1 aromatic carbocycles. The summed E-state index contributed by atoms with van der Waals surface area (Å²) in [5.74, 6) is -0.136. The van der Waals surface area contributed by atoms with Crippen molar-refractivity contribution >= 4 is 33.6 Å². The molecule has 0 aliphatic carbocycles. The summed E-state index contributed by atoms with van der Waals surface area (Å²) in [7, 11) is 0. The molecule has 2 rings (SSSR count). The molecule has 2 amide bonds. The lowest BCUT2D eigenvalue weighted by atomic mass is 10.2. The van der Waals surface area contributed by atoms with Gasteiger partial charge in [0.15, 0.2) is 5.82 Å². The number of carbonyl (C=O) groups excluding carboxylic acids is 2. The Morgan fingerprint density at radius 3 is 2.61 bits per heavy atom. The lowest BCUT2D eigenvalue weighted by molar-refractivity contribution is -0.116. The fraction of sp³-hybridized carbons (Fsp3) is 0.312. The summed E-state index contributed by atoms with van der Waals surface area (Å²) in [6, 6.07) is 8.63. The standard InChI is InChI=1S/C16H18BrN3O3/c1-2-3-9-20(11-15(21)18-14-8-10-23-19-14)16(22)12-4-6-13(17)7-5-12/h4-8,10H,2-3,9,11H2,1H3,(H,18,19,21). The lowest BCUT2D eigenvalue weighted by Gasteiger charge is -2.22. The quantitative estimate of drug-likeness (QED) is 0.800. The average molecular weight is 380 g/mol. The predicted molar refractivity (Wildman–Crippen MR) is 90.1 cm³/mol.